The number of aromatic nitrogens is 2. The largest absolute Gasteiger partial charge is 0.480 e. The third-order valence-corrected chi connectivity index (χ3v) is 8.48. The molecule has 41 heavy (non-hydrogen) atoms. The van der Waals surface area contributed by atoms with Gasteiger partial charge in [-0.15, -0.1) is 0 Å². The summed E-state index contributed by atoms with van der Waals surface area (Å²) in [6, 6.07) is 5.02. The van der Waals surface area contributed by atoms with Gasteiger partial charge in [0.2, 0.25) is 17.9 Å². The molecular weight excluding hydrogens is 561 g/mol. The van der Waals surface area contributed by atoms with E-state index in [4.69, 9.17) is 26.8 Å². The maximum absolute atomic E-state index is 14.5. The Kier molecular flexibility index (Phi) is 8.31. The molecule has 1 saturated heterocycles. The number of ether oxygens (including phenoxy) is 2. The highest BCUT2D eigenvalue weighted by atomic mass is 35.5. The molecule has 1 fully saturated rings. The van der Waals surface area contributed by atoms with Crippen LogP contribution in [0, 0.1) is 5.41 Å². The highest BCUT2D eigenvalue weighted by molar-refractivity contribution is 6.30. The molecule has 220 valence electrons. The number of rotatable bonds is 7. The minimum Gasteiger partial charge on any atom is -0.480 e. The standard InChI is InChI=1S/C29H32ClF3N4O4/c1-2-23-28(14-22(35-23)26(38)39)9-7-16(8-10-28)21-13-24(37-27(34)36-21)41-25(29(31,32)33)19-6-5-18(30)12-20(19)17-4-3-11-40-15-17/h4-7,12-13,22-23,25,35H,2-3,8-11,14-15H2,1H3,(H,38,39)(H2,34,36,37)/t22?,23?,25-,28?/m1/s1. The van der Waals surface area contributed by atoms with E-state index in [1.807, 2.05) is 19.1 Å². The Labute approximate surface area is 240 Å². The van der Waals surface area contributed by atoms with Gasteiger partial charge < -0.3 is 25.6 Å². The summed E-state index contributed by atoms with van der Waals surface area (Å²) >= 11 is 6.16. The summed E-state index contributed by atoms with van der Waals surface area (Å²) in [5.41, 5.74) is 7.73. The van der Waals surface area contributed by atoms with Gasteiger partial charge in [0.15, 0.2) is 0 Å². The van der Waals surface area contributed by atoms with Crippen molar-refractivity contribution in [3.63, 3.8) is 0 Å². The predicted octanol–water partition coefficient (Wildman–Crippen LogP) is 5.98. The topological polar surface area (TPSA) is 120 Å². The third-order valence-electron chi connectivity index (χ3n) is 8.24. The number of halogens is 4. The number of carboxylic acid groups (broad SMARTS) is 1. The number of alkyl halides is 3. The van der Waals surface area contributed by atoms with E-state index in [0.29, 0.717) is 60.6 Å². The molecule has 1 spiro atoms. The monoisotopic (exact) mass is 592 g/mol. The minimum absolute atomic E-state index is 0.0570. The summed E-state index contributed by atoms with van der Waals surface area (Å²) in [7, 11) is 0. The van der Waals surface area contributed by atoms with Gasteiger partial charge in [-0.3, -0.25) is 4.79 Å². The fraction of sp³-hybridized carbons (Fsp3) is 0.483. The van der Waals surface area contributed by atoms with E-state index in [0.717, 1.165) is 12.0 Å². The fourth-order valence-electron chi connectivity index (χ4n) is 6.26. The molecule has 4 N–H and O–H groups in total. The van der Waals surface area contributed by atoms with Gasteiger partial charge >= 0.3 is 12.1 Å². The van der Waals surface area contributed by atoms with Crippen LogP contribution < -0.4 is 15.8 Å². The number of nitrogens with two attached hydrogens (primary N) is 1. The van der Waals surface area contributed by atoms with Gasteiger partial charge in [-0.1, -0.05) is 36.7 Å². The Hall–Kier alpha value is -3.15. The van der Waals surface area contributed by atoms with Crippen molar-refractivity contribution in [2.24, 2.45) is 5.41 Å². The molecule has 8 nitrogen and oxygen atoms in total. The molecule has 2 aliphatic heterocycles. The first-order valence-electron chi connectivity index (χ1n) is 13.6. The number of hydrogen-bond donors (Lipinski definition) is 3. The lowest BCUT2D eigenvalue weighted by Gasteiger charge is -2.37. The molecule has 3 unspecified atom stereocenters. The molecule has 2 aromatic rings. The zero-order valence-electron chi connectivity index (χ0n) is 22.5. The van der Waals surface area contributed by atoms with E-state index in [-0.39, 0.29) is 35.5 Å². The third kappa shape index (κ3) is 6.22. The Morgan fingerprint density at radius 3 is 2.73 bits per heavy atom. The summed E-state index contributed by atoms with van der Waals surface area (Å²) in [6.07, 6.45) is 0.494. The first-order chi connectivity index (χ1) is 19.5. The van der Waals surface area contributed by atoms with Gasteiger partial charge in [0.05, 0.1) is 18.9 Å². The van der Waals surface area contributed by atoms with Crippen molar-refractivity contribution in [2.75, 3.05) is 18.9 Å². The maximum atomic E-state index is 14.5. The average Bonchev–Trinajstić information content (AvgIpc) is 3.30. The maximum Gasteiger partial charge on any atom is 0.429 e. The molecule has 0 bridgehead atoms. The number of benzene rings is 1. The molecule has 4 atom stereocenters. The van der Waals surface area contributed by atoms with Gasteiger partial charge in [-0.25, -0.2) is 4.98 Å². The first-order valence-corrected chi connectivity index (χ1v) is 14.0. The van der Waals surface area contributed by atoms with Gasteiger partial charge in [0, 0.05) is 22.7 Å². The van der Waals surface area contributed by atoms with Gasteiger partial charge in [0.1, 0.15) is 6.04 Å². The zero-order valence-corrected chi connectivity index (χ0v) is 23.3. The number of hydrogen-bond acceptors (Lipinski definition) is 7. The molecule has 3 aliphatic rings. The normalized spacial score (nSPS) is 25.5. The lowest BCUT2D eigenvalue weighted by atomic mass is 9.68. The molecule has 0 amide bonds. The van der Waals surface area contributed by atoms with E-state index >= 15 is 0 Å². The molecule has 0 saturated carbocycles. The molecular formula is C29H32ClF3N4O4. The van der Waals surface area contributed by atoms with Gasteiger partial charge in [0.25, 0.3) is 0 Å². The number of allylic oxidation sites excluding steroid dienone is 2. The van der Waals surface area contributed by atoms with Crippen LogP contribution in [0.5, 0.6) is 5.88 Å². The van der Waals surface area contributed by atoms with Crippen LogP contribution in [0.2, 0.25) is 5.02 Å². The fourth-order valence-corrected chi connectivity index (χ4v) is 6.43. The zero-order chi connectivity index (χ0) is 29.4. The summed E-state index contributed by atoms with van der Waals surface area (Å²) in [5.74, 6) is -1.37. The van der Waals surface area contributed by atoms with Crippen LogP contribution in [0.4, 0.5) is 19.1 Å². The molecule has 1 aliphatic carbocycles. The van der Waals surface area contributed by atoms with Crippen molar-refractivity contribution in [3.8, 4) is 5.88 Å². The lowest BCUT2D eigenvalue weighted by molar-refractivity contribution is -0.198. The van der Waals surface area contributed by atoms with Gasteiger partial charge in [-0.05, 0) is 72.8 Å². The van der Waals surface area contributed by atoms with Crippen LogP contribution in [-0.2, 0) is 9.53 Å². The summed E-state index contributed by atoms with van der Waals surface area (Å²) in [4.78, 5) is 19.9. The van der Waals surface area contributed by atoms with Crippen LogP contribution in [0.15, 0.2) is 36.4 Å². The second-order valence-electron chi connectivity index (χ2n) is 10.8. The number of carboxylic acids is 1. The van der Waals surface area contributed by atoms with Crippen LogP contribution in [0.3, 0.4) is 0 Å². The van der Waals surface area contributed by atoms with Gasteiger partial charge in [-0.2, -0.15) is 18.2 Å². The highest BCUT2D eigenvalue weighted by Gasteiger charge is 2.49. The van der Waals surface area contributed by atoms with Crippen LogP contribution in [0.25, 0.3) is 11.1 Å². The summed E-state index contributed by atoms with van der Waals surface area (Å²) in [6.45, 7) is 2.69. The van der Waals surface area contributed by atoms with E-state index in [9.17, 15) is 23.1 Å². The number of anilines is 1. The highest BCUT2D eigenvalue weighted by Crippen LogP contribution is 2.49. The average molecular weight is 593 g/mol. The summed E-state index contributed by atoms with van der Waals surface area (Å²) in [5, 5.41) is 13.1. The first kappa shape index (κ1) is 29.3. The van der Waals surface area contributed by atoms with Crippen molar-refractivity contribution >= 4 is 34.7 Å². The quantitative estimate of drug-likeness (QED) is 0.359. The molecule has 1 aromatic heterocycles. The lowest BCUT2D eigenvalue weighted by Crippen LogP contribution is -2.39. The van der Waals surface area contributed by atoms with E-state index in [1.165, 1.54) is 24.3 Å². The molecule has 12 heteroatoms. The van der Waals surface area contributed by atoms with E-state index in [2.05, 4.69) is 15.3 Å². The van der Waals surface area contributed by atoms with Crippen LogP contribution in [0.1, 0.15) is 68.4 Å². The SMILES string of the molecule is CCC1NC(C(=O)O)CC12CC=C(c1cc(O[C@H](c3ccc(Cl)cc3C3=CCCOC3)C(F)(F)F)nc(N)n1)CC2. The van der Waals surface area contributed by atoms with Crippen molar-refractivity contribution < 1.29 is 32.5 Å². The second-order valence-corrected chi connectivity index (χ2v) is 11.2. The number of nitrogens with one attached hydrogen (secondary N) is 1. The predicted molar refractivity (Wildman–Crippen MR) is 148 cm³/mol. The second kappa shape index (κ2) is 11.6. The van der Waals surface area contributed by atoms with Crippen molar-refractivity contribution in [2.45, 2.75) is 69.8 Å². The molecule has 0 radical (unpaired) electrons. The molecule has 5 rings (SSSR count). The van der Waals surface area contributed by atoms with Crippen LogP contribution >= 0.6 is 11.6 Å². The minimum atomic E-state index is -4.78. The Balaban J connectivity index is 1.44. The number of aliphatic carboxylic acids is 1. The molecule has 3 heterocycles. The molecule has 1 aromatic carbocycles. The van der Waals surface area contributed by atoms with Crippen molar-refractivity contribution in [1.82, 2.24) is 15.3 Å². The number of nitrogens with zero attached hydrogens (tertiary/aromatic N) is 2. The summed E-state index contributed by atoms with van der Waals surface area (Å²) < 4.78 is 54.5. The number of nitrogen functional groups attached to an aromatic ring is 1. The Morgan fingerprint density at radius 2 is 2.10 bits per heavy atom. The van der Waals surface area contributed by atoms with E-state index < -0.39 is 24.3 Å². The Bertz CT molecular complexity index is 1380. The van der Waals surface area contributed by atoms with Crippen LogP contribution in [-0.4, -0.2) is 52.5 Å². The van der Waals surface area contributed by atoms with Crippen molar-refractivity contribution in [1.29, 1.82) is 0 Å². The Morgan fingerprint density at radius 1 is 1.29 bits per heavy atom. The number of carbonyl (C=O) groups is 1. The van der Waals surface area contributed by atoms with Crippen molar-refractivity contribution in [3.05, 3.63) is 58.3 Å². The smallest absolute Gasteiger partial charge is 0.429 e. The van der Waals surface area contributed by atoms with E-state index in [1.54, 1.807) is 0 Å².